The molecule has 33 heavy (non-hydrogen) atoms. The van der Waals surface area contributed by atoms with Crippen LogP contribution in [0.2, 0.25) is 0 Å². The van der Waals surface area contributed by atoms with Gasteiger partial charge in [-0.2, -0.15) is 4.98 Å². The predicted molar refractivity (Wildman–Crippen MR) is 129 cm³/mol. The summed E-state index contributed by atoms with van der Waals surface area (Å²) in [5, 5.41) is 7.79. The van der Waals surface area contributed by atoms with E-state index in [0.29, 0.717) is 5.95 Å². The molecule has 3 aromatic carbocycles. The number of fused-ring (bicyclic) bond motifs is 1. The zero-order valence-corrected chi connectivity index (χ0v) is 19.0. The Bertz CT molecular complexity index is 1420. The van der Waals surface area contributed by atoms with Crippen LogP contribution < -0.4 is 10.0 Å². The molecule has 0 saturated heterocycles. The van der Waals surface area contributed by atoms with E-state index < -0.39 is 10.0 Å². The third-order valence-electron chi connectivity index (χ3n) is 5.53. The maximum absolute atomic E-state index is 12.9. The number of anilines is 2. The summed E-state index contributed by atoms with van der Waals surface area (Å²) in [7, 11) is -3.82. The van der Waals surface area contributed by atoms with Gasteiger partial charge in [0.15, 0.2) is 0 Å². The molecule has 1 atom stereocenters. The summed E-state index contributed by atoms with van der Waals surface area (Å²) in [5.41, 5.74) is 5.07. The molecule has 0 fully saturated rings. The van der Waals surface area contributed by atoms with Crippen molar-refractivity contribution >= 4 is 27.6 Å². The van der Waals surface area contributed by atoms with Crippen molar-refractivity contribution in [2.45, 2.75) is 24.8 Å². The molecular formula is C25H23N5O2S. The molecule has 1 aliphatic rings. The van der Waals surface area contributed by atoms with Crippen LogP contribution in [0.3, 0.4) is 0 Å². The number of nitrogens with one attached hydrogen (secondary N) is 2. The molecule has 0 amide bonds. The van der Waals surface area contributed by atoms with Crippen LogP contribution in [-0.4, -0.2) is 23.2 Å². The maximum atomic E-state index is 12.9. The Balaban J connectivity index is 1.52. The zero-order valence-electron chi connectivity index (χ0n) is 18.2. The van der Waals surface area contributed by atoms with Gasteiger partial charge in [0.05, 0.1) is 4.90 Å². The average molecular weight is 458 g/mol. The van der Waals surface area contributed by atoms with E-state index in [9.17, 15) is 8.42 Å². The van der Waals surface area contributed by atoms with E-state index in [-0.39, 0.29) is 16.9 Å². The molecular weight excluding hydrogens is 434 g/mol. The van der Waals surface area contributed by atoms with Gasteiger partial charge in [-0.25, -0.2) is 17.8 Å². The number of allylic oxidation sites excluding steroid dienone is 1. The summed E-state index contributed by atoms with van der Waals surface area (Å²) in [6, 6.07) is 24.5. The number of aromatic nitrogens is 3. The molecule has 7 nitrogen and oxygen atoms in total. The van der Waals surface area contributed by atoms with E-state index in [1.807, 2.05) is 56.3 Å². The van der Waals surface area contributed by atoms with Crippen LogP contribution in [-0.2, 0) is 10.0 Å². The minimum Gasteiger partial charge on any atom is -0.324 e. The van der Waals surface area contributed by atoms with Crippen LogP contribution in [0, 0.1) is 13.8 Å². The molecule has 0 spiro atoms. The fourth-order valence-corrected chi connectivity index (χ4v) is 4.66. The van der Waals surface area contributed by atoms with E-state index in [4.69, 9.17) is 0 Å². The second kappa shape index (κ2) is 8.22. The van der Waals surface area contributed by atoms with Crippen molar-refractivity contribution in [2.24, 2.45) is 0 Å². The summed E-state index contributed by atoms with van der Waals surface area (Å²) < 4.78 is 29.9. The molecule has 5 rings (SSSR count). The SMILES string of the molecule is Cc1ccc(C2=C[C@H](c3ccccc3)n3nc(NS(=O)(=O)c4ccc(C)cc4)nc3N2)cc1. The van der Waals surface area contributed by atoms with Gasteiger partial charge in [0.1, 0.15) is 6.04 Å². The van der Waals surface area contributed by atoms with E-state index in [1.165, 1.54) is 5.56 Å². The van der Waals surface area contributed by atoms with Crippen LogP contribution in [0.4, 0.5) is 11.9 Å². The van der Waals surface area contributed by atoms with Crippen molar-refractivity contribution in [3.05, 3.63) is 107 Å². The lowest BCUT2D eigenvalue weighted by atomic mass is 10.0. The average Bonchev–Trinajstić information content (AvgIpc) is 3.21. The highest BCUT2D eigenvalue weighted by Gasteiger charge is 2.27. The lowest BCUT2D eigenvalue weighted by molar-refractivity contribution is 0.598. The number of sulfonamides is 1. The fraction of sp³-hybridized carbons (Fsp3) is 0.120. The lowest BCUT2D eigenvalue weighted by Gasteiger charge is -2.24. The first kappa shape index (κ1) is 21.0. The van der Waals surface area contributed by atoms with Crippen LogP contribution in [0.5, 0.6) is 0 Å². The highest BCUT2D eigenvalue weighted by atomic mass is 32.2. The highest BCUT2D eigenvalue weighted by Crippen LogP contribution is 2.33. The van der Waals surface area contributed by atoms with Crippen molar-refractivity contribution in [1.82, 2.24) is 14.8 Å². The van der Waals surface area contributed by atoms with E-state index >= 15 is 0 Å². The Morgan fingerprint density at radius 3 is 2.18 bits per heavy atom. The Labute approximate surface area is 192 Å². The minimum absolute atomic E-state index is 0.0116. The van der Waals surface area contributed by atoms with Gasteiger partial charge in [0, 0.05) is 5.70 Å². The van der Waals surface area contributed by atoms with Gasteiger partial charge in [-0.3, -0.25) is 0 Å². The second-order valence-electron chi connectivity index (χ2n) is 8.05. The molecule has 0 bridgehead atoms. The minimum atomic E-state index is -3.82. The molecule has 4 aromatic rings. The van der Waals surface area contributed by atoms with Gasteiger partial charge in [-0.1, -0.05) is 77.9 Å². The Morgan fingerprint density at radius 1 is 0.879 bits per heavy atom. The number of hydrogen-bond acceptors (Lipinski definition) is 5. The zero-order chi connectivity index (χ0) is 23.0. The van der Waals surface area contributed by atoms with Crippen LogP contribution >= 0.6 is 0 Å². The predicted octanol–water partition coefficient (Wildman–Crippen LogP) is 4.75. The van der Waals surface area contributed by atoms with E-state index in [0.717, 1.165) is 22.4 Å². The van der Waals surface area contributed by atoms with Crippen LogP contribution in [0.25, 0.3) is 5.70 Å². The van der Waals surface area contributed by atoms with Crippen LogP contribution in [0.15, 0.2) is 89.8 Å². The van der Waals surface area contributed by atoms with Gasteiger partial charge in [0.2, 0.25) is 5.95 Å². The molecule has 1 aromatic heterocycles. The van der Waals surface area contributed by atoms with Crippen molar-refractivity contribution in [3.63, 3.8) is 0 Å². The fourth-order valence-electron chi connectivity index (χ4n) is 3.72. The number of aryl methyl sites for hydroxylation is 2. The van der Waals surface area contributed by atoms with Gasteiger partial charge >= 0.3 is 0 Å². The molecule has 1 aliphatic heterocycles. The first-order valence-electron chi connectivity index (χ1n) is 10.6. The quantitative estimate of drug-likeness (QED) is 0.451. The maximum Gasteiger partial charge on any atom is 0.264 e. The molecule has 0 aliphatic carbocycles. The third-order valence-corrected chi connectivity index (χ3v) is 6.87. The Hall–Kier alpha value is -3.91. The molecule has 2 N–H and O–H groups in total. The molecule has 2 heterocycles. The largest absolute Gasteiger partial charge is 0.324 e. The summed E-state index contributed by atoms with van der Waals surface area (Å²) in [4.78, 5) is 4.62. The molecule has 8 heteroatoms. The number of nitrogens with zero attached hydrogens (tertiary/aromatic N) is 3. The number of benzene rings is 3. The van der Waals surface area contributed by atoms with E-state index in [1.54, 1.807) is 28.9 Å². The summed E-state index contributed by atoms with van der Waals surface area (Å²) in [6.45, 7) is 3.95. The smallest absolute Gasteiger partial charge is 0.264 e. The molecule has 0 unspecified atom stereocenters. The van der Waals surface area contributed by atoms with Crippen molar-refractivity contribution in [2.75, 3.05) is 10.0 Å². The van der Waals surface area contributed by atoms with Gasteiger partial charge in [0.25, 0.3) is 16.0 Å². The first-order chi connectivity index (χ1) is 15.9. The van der Waals surface area contributed by atoms with Gasteiger partial charge < -0.3 is 5.32 Å². The molecule has 166 valence electrons. The van der Waals surface area contributed by atoms with Crippen molar-refractivity contribution < 1.29 is 8.42 Å². The number of rotatable bonds is 5. The second-order valence-corrected chi connectivity index (χ2v) is 9.73. The van der Waals surface area contributed by atoms with Gasteiger partial charge in [-0.05, 0) is 43.2 Å². The third kappa shape index (κ3) is 4.25. The van der Waals surface area contributed by atoms with Crippen molar-refractivity contribution in [1.29, 1.82) is 0 Å². The summed E-state index contributed by atoms with van der Waals surface area (Å²) in [5.74, 6) is 0.473. The Morgan fingerprint density at radius 2 is 1.52 bits per heavy atom. The molecule has 0 radical (unpaired) electrons. The summed E-state index contributed by atoms with van der Waals surface area (Å²) in [6.07, 6.45) is 2.07. The number of hydrogen-bond donors (Lipinski definition) is 2. The van der Waals surface area contributed by atoms with Gasteiger partial charge in [-0.15, -0.1) is 5.10 Å². The Kier molecular flexibility index (Phi) is 5.22. The van der Waals surface area contributed by atoms with E-state index in [2.05, 4.69) is 38.3 Å². The van der Waals surface area contributed by atoms with Crippen molar-refractivity contribution in [3.8, 4) is 0 Å². The normalized spacial score (nSPS) is 15.3. The molecule has 0 saturated carbocycles. The highest BCUT2D eigenvalue weighted by molar-refractivity contribution is 7.92. The van der Waals surface area contributed by atoms with Crippen LogP contribution in [0.1, 0.15) is 28.3 Å². The standard InChI is InChI=1S/C25H23N5O2S/c1-17-8-12-19(13-9-17)22-16-23(20-6-4-3-5-7-20)30-25(26-22)27-24(28-30)29-33(31,32)21-14-10-18(2)11-15-21/h3-16,23H,1-2H3,(H2,26,27,28,29)/t23-/m1/s1. The monoisotopic (exact) mass is 457 g/mol. The topological polar surface area (TPSA) is 88.9 Å². The lowest BCUT2D eigenvalue weighted by Crippen LogP contribution is -2.20. The summed E-state index contributed by atoms with van der Waals surface area (Å²) >= 11 is 0. The first-order valence-corrected chi connectivity index (χ1v) is 12.0.